The number of halogens is 1. The SMILES string of the molecule is COC(=O)c1cc(C2=CCOCC2)c(F)cc1N. The lowest BCUT2D eigenvalue weighted by atomic mass is 9.98. The van der Waals surface area contributed by atoms with Crippen LogP contribution >= 0.6 is 0 Å². The van der Waals surface area contributed by atoms with Crippen molar-refractivity contribution in [2.24, 2.45) is 0 Å². The van der Waals surface area contributed by atoms with Gasteiger partial charge in [0.25, 0.3) is 0 Å². The summed E-state index contributed by atoms with van der Waals surface area (Å²) in [6.07, 6.45) is 2.42. The number of nitrogens with two attached hydrogens (primary N) is 1. The molecule has 96 valence electrons. The second-order valence-corrected chi connectivity index (χ2v) is 3.97. The number of anilines is 1. The summed E-state index contributed by atoms with van der Waals surface area (Å²) < 4.78 is 23.7. The van der Waals surface area contributed by atoms with E-state index in [2.05, 4.69) is 4.74 Å². The van der Waals surface area contributed by atoms with Crippen molar-refractivity contribution in [3.63, 3.8) is 0 Å². The molecule has 0 fully saturated rings. The zero-order valence-electron chi connectivity index (χ0n) is 10.0. The van der Waals surface area contributed by atoms with Gasteiger partial charge in [0.05, 0.1) is 25.9 Å². The molecule has 2 rings (SSSR count). The normalized spacial score (nSPS) is 15.1. The van der Waals surface area contributed by atoms with Crippen molar-refractivity contribution >= 4 is 17.2 Å². The van der Waals surface area contributed by atoms with Crippen molar-refractivity contribution in [3.8, 4) is 0 Å². The zero-order valence-corrected chi connectivity index (χ0v) is 10.0. The molecule has 1 aliphatic heterocycles. The quantitative estimate of drug-likeness (QED) is 0.645. The lowest BCUT2D eigenvalue weighted by molar-refractivity contribution is 0.0602. The molecule has 0 amide bonds. The minimum absolute atomic E-state index is 0.0794. The highest BCUT2D eigenvalue weighted by Crippen LogP contribution is 2.28. The van der Waals surface area contributed by atoms with Crippen LogP contribution in [0.3, 0.4) is 0 Å². The third-order valence-electron chi connectivity index (χ3n) is 2.85. The topological polar surface area (TPSA) is 61.5 Å². The molecule has 0 atom stereocenters. The monoisotopic (exact) mass is 251 g/mol. The summed E-state index contributed by atoms with van der Waals surface area (Å²) in [6, 6.07) is 2.59. The molecule has 4 nitrogen and oxygen atoms in total. The van der Waals surface area contributed by atoms with Crippen LogP contribution in [0.4, 0.5) is 10.1 Å². The van der Waals surface area contributed by atoms with Crippen molar-refractivity contribution in [2.45, 2.75) is 6.42 Å². The fourth-order valence-electron chi connectivity index (χ4n) is 1.89. The molecule has 1 heterocycles. The lowest BCUT2D eigenvalue weighted by Gasteiger charge is -2.15. The molecule has 0 aliphatic carbocycles. The van der Waals surface area contributed by atoms with Crippen LogP contribution in [-0.2, 0) is 9.47 Å². The van der Waals surface area contributed by atoms with Gasteiger partial charge in [0.15, 0.2) is 0 Å². The second-order valence-electron chi connectivity index (χ2n) is 3.97. The van der Waals surface area contributed by atoms with Gasteiger partial charge >= 0.3 is 5.97 Å². The first kappa shape index (κ1) is 12.6. The molecular formula is C13H14FNO3. The van der Waals surface area contributed by atoms with E-state index in [1.54, 1.807) is 6.08 Å². The van der Waals surface area contributed by atoms with Gasteiger partial charge in [0, 0.05) is 11.3 Å². The van der Waals surface area contributed by atoms with Crippen molar-refractivity contribution in [1.82, 2.24) is 0 Å². The lowest BCUT2D eigenvalue weighted by Crippen LogP contribution is -2.10. The van der Waals surface area contributed by atoms with E-state index in [0.717, 1.165) is 11.6 Å². The predicted octanol–water partition coefficient (Wildman–Crippen LogP) is 2.00. The van der Waals surface area contributed by atoms with Crippen molar-refractivity contribution in [1.29, 1.82) is 0 Å². The van der Waals surface area contributed by atoms with E-state index in [-0.39, 0.29) is 11.3 Å². The first-order chi connectivity index (χ1) is 8.63. The molecule has 18 heavy (non-hydrogen) atoms. The molecule has 2 N–H and O–H groups in total. The average Bonchev–Trinajstić information content (AvgIpc) is 2.39. The highest BCUT2D eigenvalue weighted by atomic mass is 19.1. The Balaban J connectivity index is 2.47. The summed E-state index contributed by atoms with van der Waals surface area (Å²) in [4.78, 5) is 11.5. The Bertz CT molecular complexity index is 511. The standard InChI is InChI=1S/C13H14FNO3/c1-17-13(16)10-6-9(11(14)7-12(10)15)8-2-4-18-5-3-8/h2,6-7H,3-5,15H2,1H3. The van der Waals surface area contributed by atoms with Crippen molar-refractivity contribution in [2.75, 3.05) is 26.1 Å². The Labute approximate surface area is 104 Å². The second kappa shape index (κ2) is 5.18. The molecule has 0 unspecified atom stereocenters. The van der Waals surface area contributed by atoms with Crippen LogP contribution in [0.25, 0.3) is 5.57 Å². The number of ether oxygens (including phenoxy) is 2. The van der Waals surface area contributed by atoms with Gasteiger partial charge in [-0.2, -0.15) is 0 Å². The molecule has 0 saturated carbocycles. The van der Waals surface area contributed by atoms with Crippen LogP contribution in [0.15, 0.2) is 18.2 Å². The fraction of sp³-hybridized carbons (Fsp3) is 0.308. The van der Waals surface area contributed by atoms with Crippen LogP contribution in [0.5, 0.6) is 0 Å². The number of benzene rings is 1. The maximum Gasteiger partial charge on any atom is 0.339 e. The van der Waals surface area contributed by atoms with E-state index in [9.17, 15) is 9.18 Å². The van der Waals surface area contributed by atoms with Gasteiger partial charge in [-0.1, -0.05) is 6.08 Å². The number of nitrogen functional groups attached to an aromatic ring is 1. The summed E-state index contributed by atoms with van der Waals surface area (Å²) in [6.45, 7) is 0.996. The van der Waals surface area contributed by atoms with E-state index in [1.165, 1.54) is 13.2 Å². The Kier molecular flexibility index (Phi) is 3.62. The number of esters is 1. The molecule has 1 aromatic carbocycles. The zero-order chi connectivity index (χ0) is 13.1. The average molecular weight is 251 g/mol. The number of hydrogen-bond donors (Lipinski definition) is 1. The summed E-state index contributed by atoms with van der Waals surface area (Å²) >= 11 is 0. The van der Waals surface area contributed by atoms with E-state index < -0.39 is 11.8 Å². The first-order valence-electron chi connectivity index (χ1n) is 5.58. The maximum atomic E-state index is 13.9. The van der Waals surface area contributed by atoms with E-state index in [1.807, 2.05) is 0 Å². The van der Waals surface area contributed by atoms with Crippen molar-refractivity contribution in [3.05, 3.63) is 35.2 Å². The smallest absolute Gasteiger partial charge is 0.339 e. The summed E-state index contributed by atoms with van der Waals surface area (Å²) in [5.74, 6) is -1.00. The predicted molar refractivity (Wildman–Crippen MR) is 65.6 cm³/mol. The van der Waals surface area contributed by atoms with Crippen LogP contribution in [0.1, 0.15) is 22.3 Å². The Morgan fingerprint density at radius 3 is 2.89 bits per heavy atom. The molecular weight excluding hydrogens is 237 g/mol. The molecule has 0 bridgehead atoms. The molecule has 1 aliphatic rings. The number of carbonyl (C=O) groups is 1. The number of methoxy groups -OCH3 is 1. The summed E-state index contributed by atoms with van der Waals surface area (Å²) in [5.41, 5.74) is 7.08. The number of carbonyl (C=O) groups excluding carboxylic acids is 1. The molecule has 0 radical (unpaired) electrons. The van der Waals surface area contributed by atoms with E-state index in [4.69, 9.17) is 10.5 Å². The fourth-order valence-corrected chi connectivity index (χ4v) is 1.89. The Hall–Kier alpha value is -1.88. The van der Waals surface area contributed by atoms with Crippen LogP contribution < -0.4 is 5.73 Å². The first-order valence-corrected chi connectivity index (χ1v) is 5.58. The molecule has 0 spiro atoms. The largest absolute Gasteiger partial charge is 0.465 e. The minimum Gasteiger partial charge on any atom is -0.465 e. The van der Waals surface area contributed by atoms with E-state index in [0.29, 0.717) is 25.2 Å². The Morgan fingerprint density at radius 2 is 2.28 bits per heavy atom. The Morgan fingerprint density at radius 1 is 1.50 bits per heavy atom. The minimum atomic E-state index is -0.568. The van der Waals surface area contributed by atoms with Crippen molar-refractivity contribution < 1.29 is 18.7 Å². The maximum absolute atomic E-state index is 13.9. The molecule has 1 aromatic rings. The van der Waals surface area contributed by atoms with Crippen LogP contribution in [0.2, 0.25) is 0 Å². The van der Waals surface area contributed by atoms with Gasteiger partial charge in [-0.05, 0) is 24.1 Å². The van der Waals surface area contributed by atoms with Gasteiger partial charge in [-0.25, -0.2) is 9.18 Å². The highest BCUT2D eigenvalue weighted by Gasteiger charge is 2.17. The van der Waals surface area contributed by atoms with Gasteiger partial charge in [-0.3, -0.25) is 0 Å². The summed E-state index contributed by atoms with van der Waals surface area (Å²) in [5, 5.41) is 0. The van der Waals surface area contributed by atoms with Gasteiger partial charge < -0.3 is 15.2 Å². The molecule has 0 saturated heterocycles. The summed E-state index contributed by atoms with van der Waals surface area (Å²) in [7, 11) is 1.26. The third-order valence-corrected chi connectivity index (χ3v) is 2.85. The van der Waals surface area contributed by atoms with Gasteiger partial charge in [0.2, 0.25) is 0 Å². The molecule has 5 heteroatoms. The third kappa shape index (κ3) is 2.36. The number of hydrogen-bond acceptors (Lipinski definition) is 4. The highest BCUT2D eigenvalue weighted by molar-refractivity contribution is 5.96. The van der Waals surface area contributed by atoms with E-state index >= 15 is 0 Å². The van der Waals surface area contributed by atoms with Gasteiger partial charge in [0.1, 0.15) is 5.82 Å². The van der Waals surface area contributed by atoms with Crippen LogP contribution in [0, 0.1) is 5.82 Å². The van der Waals surface area contributed by atoms with Crippen LogP contribution in [-0.4, -0.2) is 26.3 Å². The molecule has 0 aromatic heterocycles. The van der Waals surface area contributed by atoms with Gasteiger partial charge in [-0.15, -0.1) is 0 Å². The number of rotatable bonds is 2.